The van der Waals surface area contributed by atoms with Gasteiger partial charge in [-0.05, 0) is 43.2 Å². The van der Waals surface area contributed by atoms with Crippen molar-refractivity contribution in [2.45, 2.75) is 32.6 Å². The molecule has 0 amide bonds. The van der Waals surface area contributed by atoms with Gasteiger partial charge < -0.3 is 0 Å². The highest BCUT2D eigenvalue weighted by Crippen LogP contribution is 2.27. The quantitative estimate of drug-likeness (QED) is 0.659. The number of nitrogens with zero attached hydrogens (tertiary/aromatic N) is 1. The Morgan fingerprint density at radius 1 is 1.43 bits per heavy atom. The number of rotatable bonds is 1. The van der Waals surface area contributed by atoms with E-state index in [9.17, 15) is 0 Å². The number of aryl methyl sites for hydroxylation is 2. The fourth-order valence-electron chi connectivity index (χ4n) is 2.26. The fraction of sp³-hybridized carbons (Fsp3) is 0.462. The van der Waals surface area contributed by atoms with Crippen LogP contribution in [0.3, 0.4) is 0 Å². The molecule has 1 aromatic carbocycles. The zero-order valence-electron chi connectivity index (χ0n) is 8.59. The average Bonchev–Trinajstić information content (AvgIpc) is 2.19. The summed E-state index contributed by atoms with van der Waals surface area (Å²) < 4.78 is 0. The van der Waals surface area contributed by atoms with Crippen LogP contribution in [0.25, 0.3) is 0 Å². The van der Waals surface area contributed by atoms with Gasteiger partial charge in [0.2, 0.25) is 0 Å². The molecule has 0 fully saturated rings. The number of benzene rings is 1. The van der Waals surface area contributed by atoms with Gasteiger partial charge in [0, 0.05) is 6.42 Å². The minimum Gasteiger partial charge on any atom is -0.198 e. The lowest BCUT2D eigenvalue weighted by atomic mass is 9.82. The molecule has 1 unspecified atom stereocenters. The average molecular weight is 185 g/mol. The number of fused-ring (bicyclic) bond motifs is 1. The molecular weight excluding hydrogens is 170 g/mol. The third-order valence-corrected chi connectivity index (χ3v) is 3.07. The molecule has 14 heavy (non-hydrogen) atoms. The van der Waals surface area contributed by atoms with Crippen LogP contribution in [-0.4, -0.2) is 0 Å². The van der Waals surface area contributed by atoms with Gasteiger partial charge in [0.05, 0.1) is 6.07 Å². The van der Waals surface area contributed by atoms with E-state index in [1.54, 1.807) is 0 Å². The van der Waals surface area contributed by atoms with E-state index in [1.807, 2.05) is 0 Å². The molecule has 0 saturated heterocycles. The van der Waals surface area contributed by atoms with Crippen molar-refractivity contribution in [3.05, 3.63) is 34.9 Å². The molecule has 1 aromatic rings. The van der Waals surface area contributed by atoms with Gasteiger partial charge >= 0.3 is 0 Å². The van der Waals surface area contributed by atoms with Crippen molar-refractivity contribution in [1.29, 1.82) is 5.26 Å². The topological polar surface area (TPSA) is 23.8 Å². The first-order valence-corrected chi connectivity index (χ1v) is 5.25. The predicted octanol–water partition coefficient (Wildman–Crippen LogP) is 3.01. The van der Waals surface area contributed by atoms with Crippen molar-refractivity contribution in [2.75, 3.05) is 0 Å². The summed E-state index contributed by atoms with van der Waals surface area (Å²) in [5.74, 6) is 0.593. The van der Waals surface area contributed by atoms with E-state index in [-0.39, 0.29) is 0 Å². The molecule has 0 spiro atoms. The Morgan fingerprint density at radius 3 is 3.07 bits per heavy atom. The number of hydrogen-bond acceptors (Lipinski definition) is 1. The van der Waals surface area contributed by atoms with Crippen molar-refractivity contribution < 1.29 is 0 Å². The predicted molar refractivity (Wildman–Crippen MR) is 56.9 cm³/mol. The maximum Gasteiger partial charge on any atom is 0.0624 e. The monoisotopic (exact) mass is 185 g/mol. The van der Waals surface area contributed by atoms with Crippen molar-refractivity contribution in [1.82, 2.24) is 0 Å². The summed E-state index contributed by atoms with van der Waals surface area (Å²) in [5, 5.41) is 8.66. The standard InChI is InChI=1S/C13H15N/c1-10-2-4-13-9-11(6-7-14)3-5-12(13)8-10/h2,4,8,11H,3,5-6,9H2,1H3. The molecule has 0 aliphatic heterocycles. The van der Waals surface area contributed by atoms with E-state index in [1.165, 1.54) is 23.1 Å². The van der Waals surface area contributed by atoms with E-state index in [0.717, 1.165) is 12.8 Å². The van der Waals surface area contributed by atoms with Gasteiger partial charge in [-0.3, -0.25) is 0 Å². The number of hydrogen-bond donors (Lipinski definition) is 0. The maximum absolute atomic E-state index is 8.66. The third kappa shape index (κ3) is 1.80. The number of nitriles is 1. The summed E-state index contributed by atoms with van der Waals surface area (Å²) >= 11 is 0. The molecular formula is C13H15N. The first-order chi connectivity index (χ1) is 6.79. The minimum atomic E-state index is 0.593. The highest BCUT2D eigenvalue weighted by Gasteiger charge is 2.17. The highest BCUT2D eigenvalue weighted by atomic mass is 14.3. The summed E-state index contributed by atoms with van der Waals surface area (Å²) in [6, 6.07) is 8.97. The second kappa shape index (κ2) is 3.84. The van der Waals surface area contributed by atoms with Crippen LogP contribution in [0, 0.1) is 24.2 Å². The van der Waals surface area contributed by atoms with Crippen molar-refractivity contribution in [3.8, 4) is 6.07 Å². The summed E-state index contributed by atoms with van der Waals surface area (Å²) in [5.41, 5.74) is 4.31. The van der Waals surface area contributed by atoms with Crippen molar-refractivity contribution in [3.63, 3.8) is 0 Å². The van der Waals surface area contributed by atoms with Gasteiger partial charge in [0.25, 0.3) is 0 Å². The molecule has 0 aromatic heterocycles. The second-order valence-electron chi connectivity index (χ2n) is 4.24. The molecule has 1 atom stereocenters. The normalized spacial score (nSPS) is 19.9. The molecule has 0 bridgehead atoms. The van der Waals surface area contributed by atoms with E-state index in [4.69, 9.17) is 5.26 Å². The first-order valence-electron chi connectivity index (χ1n) is 5.25. The Labute approximate surface area is 85.4 Å². The Morgan fingerprint density at radius 2 is 2.29 bits per heavy atom. The Hall–Kier alpha value is -1.29. The molecule has 0 N–H and O–H groups in total. The Bertz CT molecular complexity index is 373. The minimum absolute atomic E-state index is 0.593. The Kier molecular flexibility index (Phi) is 2.54. The molecule has 0 radical (unpaired) electrons. The second-order valence-corrected chi connectivity index (χ2v) is 4.24. The molecule has 0 saturated carbocycles. The molecule has 1 heteroatoms. The van der Waals surface area contributed by atoms with Gasteiger partial charge in [-0.25, -0.2) is 0 Å². The summed E-state index contributed by atoms with van der Waals surface area (Å²) in [4.78, 5) is 0. The van der Waals surface area contributed by atoms with Crippen molar-refractivity contribution in [2.24, 2.45) is 5.92 Å². The zero-order chi connectivity index (χ0) is 9.97. The first kappa shape index (κ1) is 9.27. The van der Waals surface area contributed by atoms with Gasteiger partial charge in [0.15, 0.2) is 0 Å². The summed E-state index contributed by atoms with van der Waals surface area (Å²) in [6.45, 7) is 2.14. The van der Waals surface area contributed by atoms with Crippen LogP contribution in [0.1, 0.15) is 29.5 Å². The SMILES string of the molecule is Cc1ccc2c(c1)CCC(CC#N)C2. The summed E-state index contributed by atoms with van der Waals surface area (Å²) in [7, 11) is 0. The molecule has 2 rings (SSSR count). The molecule has 1 aliphatic carbocycles. The molecule has 1 nitrogen and oxygen atoms in total. The fourth-order valence-corrected chi connectivity index (χ4v) is 2.26. The van der Waals surface area contributed by atoms with Crippen LogP contribution in [0.4, 0.5) is 0 Å². The largest absolute Gasteiger partial charge is 0.198 e. The van der Waals surface area contributed by atoms with Gasteiger partial charge in [-0.15, -0.1) is 0 Å². The van der Waals surface area contributed by atoms with Crippen LogP contribution in [0.5, 0.6) is 0 Å². The van der Waals surface area contributed by atoms with Crippen LogP contribution in [-0.2, 0) is 12.8 Å². The highest BCUT2D eigenvalue weighted by molar-refractivity contribution is 5.33. The lowest BCUT2D eigenvalue weighted by Crippen LogP contribution is -2.13. The van der Waals surface area contributed by atoms with E-state index < -0.39 is 0 Å². The van der Waals surface area contributed by atoms with Crippen LogP contribution < -0.4 is 0 Å². The van der Waals surface area contributed by atoms with Crippen LogP contribution in [0.15, 0.2) is 18.2 Å². The molecule has 0 heterocycles. The van der Waals surface area contributed by atoms with Gasteiger partial charge in [-0.1, -0.05) is 23.8 Å². The van der Waals surface area contributed by atoms with Crippen LogP contribution in [0.2, 0.25) is 0 Å². The lowest BCUT2D eigenvalue weighted by Gasteiger charge is -2.22. The third-order valence-electron chi connectivity index (χ3n) is 3.07. The lowest BCUT2D eigenvalue weighted by molar-refractivity contribution is 0.468. The molecule has 72 valence electrons. The van der Waals surface area contributed by atoms with E-state index in [0.29, 0.717) is 12.3 Å². The zero-order valence-corrected chi connectivity index (χ0v) is 8.59. The smallest absolute Gasteiger partial charge is 0.0624 e. The Balaban J connectivity index is 2.20. The van der Waals surface area contributed by atoms with Crippen molar-refractivity contribution >= 4 is 0 Å². The van der Waals surface area contributed by atoms with Gasteiger partial charge in [-0.2, -0.15) is 5.26 Å². The molecule has 1 aliphatic rings. The van der Waals surface area contributed by atoms with E-state index in [2.05, 4.69) is 31.2 Å². The maximum atomic E-state index is 8.66. The van der Waals surface area contributed by atoms with E-state index >= 15 is 0 Å². The summed E-state index contributed by atoms with van der Waals surface area (Å²) in [6.07, 6.45) is 4.16. The van der Waals surface area contributed by atoms with Gasteiger partial charge in [0.1, 0.15) is 0 Å². The van der Waals surface area contributed by atoms with Crippen LogP contribution >= 0.6 is 0 Å².